The Labute approximate surface area is 114 Å². The number of halogens is 1. The van der Waals surface area contributed by atoms with E-state index in [0.717, 1.165) is 3.57 Å². The number of rotatable bonds is 4. The minimum absolute atomic E-state index is 0.155. The van der Waals surface area contributed by atoms with Crippen molar-refractivity contribution in [2.24, 2.45) is 5.92 Å². The molecule has 1 unspecified atom stereocenters. The van der Waals surface area contributed by atoms with Crippen molar-refractivity contribution in [3.05, 3.63) is 33.4 Å². The molecule has 0 aliphatic carbocycles. The molecule has 0 radical (unpaired) electrons. The Balaban J connectivity index is 2.85. The molecule has 0 aliphatic rings. The lowest BCUT2D eigenvalue weighted by Crippen LogP contribution is -2.44. The van der Waals surface area contributed by atoms with Gasteiger partial charge in [0.2, 0.25) is 0 Å². The average Bonchev–Trinajstić information content (AvgIpc) is 2.25. The maximum atomic E-state index is 11.9. The van der Waals surface area contributed by atoms with E-state index in [1.165, 1.54) is 0 Å². The first kappa shape index (κ1) is 14.0. The summed E-state index contributed by atoms with van der Waals surface area (Å²) in [5.74, 6) is -1.52. The van der Waals surface area contributed by atoms with Crippen LogP contribution in [0, 0.1) is 9.49 Å². The molecule has 0 bridgehead atoms. The third-order valence-electron chi connectivity index (χ3n) is 2.34. The smallest absolute Gasteiger partial charge is 0.326 e. The fourth-order valence-corrected chi connectivity index (χ4v) is 2.01. The predicted octanol–water partition coefficient (Wildman–Crippen LogP) is 2.13. The van der Waals surface area contributed by atoms with Gasteiger partial charge in [0, 0.05) is 3.57 Å². The molecule has 1 aromatic rings. The van der Waals surface area contributed by atoms with Crippen molar-refractivity contribution in [1.82, 2.24) is 5.32 Å². The molecular formula is C12H14INO3. The number of carbonyl (C=O) groups excluding carboxylic acids is 1. The number of amides is 1. The Kier molecular flexibility index (Phi) is 4.92. The van der Waals surface area contributed by atoms with Gasteiger partial charge in [0.1, 0.15) is 6.04 Å². The number of carbonyl (C=O) groups is 2. The normalized spacial score (nSPS) is 12.2. The fraction of sp³-hybridized carbons (Fsp3) is 0.333. The molecule has 0 aliphatic heterocycles. The van der Waals surface area contributed by atoms with Gasteiger partial charge < -0.3 is 10.4 Å². The lowest BCUT2D eigenvalue weighted by atomic mass is 10.0. The van der Waals surface area contributed by atoms with Gasteiger partial charge in [0.15, 0.2) is 0 Å². The molecule has 0 spiro atoms. The number of aliphatic carboxylic acids is 1. The van der Waals surface area contributed by atoms with Crippen LogP contribution in [0.4, 0.5) is 0 Å². The van der Waals surface area contributed by atoms with E-state index in [0.29, 0.717) is 5.56 Å². The summed E-state index contributed by atoms with van der Waals surface area (Å²) in [5.41, 5.74) is 0.500. The summed E-state index contributed by atoms with van der Waals surface area (Å²) >= 11 is 2.05. The van der Waals surface area contributed by atoms with Crippen molar-refractivity contribution >= 4 is 34.5 Å². The van der Waals surface area contributed by atoms with Crippen LogP contribution in [-0.4, -0.2) is 23.0 Å². The molecule has 17 heavy (non-hydrogen) atoms. The number of carboxylic acid groups (broad SMARTS) is 1. The number of nitrogens with one attached hydrogen (secondary N) is 1. The van der Waals surface area contributed by atoms with Crippen LogP contribution in [0.2, 0.25) is 0 Å². The van der Waals surface area contributed by atoms with Gasteiger partial charge >= 0.3 is 5.97 Å². The Hall–Kier alpha value is -1.11. The first-order valence-electron chi connectivity index (χ1n) is 5.21. The first-order chi connectivity index (χ1) is 7.93. The van der Waals surface area contributed by atoms with Crippen molar-refractivity contribution in [2.75, 3.05) is 0 Å². The molecule has 0 saturated carbocycles. The van der Waals surface area contributed by atoms with Gasteiger partial charge in [-0.2, -0.15) is 0 Å². The standard InChI is InChI=1S/C12H14INO3/c1-7(2)10(12(16)17)14-11(15)8-5-3-4-6-9(8)13/h3-7,10H,1-2H3,(H,14,15)(H,16,17). The topological polar surface area (TPSA) is 66.4 Å². The summed E-state index contributed by atoms with van der Waals surface area (Å²) in [6.45, 7) is 3.52. The second-order valence-electron chi connectivity index (χ2n) is 4.01. The largest absolute Gasteiger partial charge is 0.480 e. The first-order valence-corrected chi connectivity index (χ1v) is 6.29. The summed E-state index contributed by atoms with van der Waals surface area (Å²) in [5, 5.41) is 11.5. The van der Waals surface area contributed by atoms with Crippen LogP contribution in [0.15, 0.2) is 24.3 Å². The minimum atomic E-state index is -1.01. The summed E-state index contributed by atoms with van der Waals surface area (Å²) in [4.78, 5) is 22.9. The molecule has 0 aromatic heterocycles. The number of hydrogen-bond acceptors (Lipinski definition) is 2. The van der Waals surface area contributed by atoms with Gasteiger partial charge in [-0.25, -0.2) is 4.79 Å². The zero-order valence-corrected chi connectivity index (χ0v) is 11.8. The van der Waals surface area contributed by atoms with Gasteiger partial charge in [-0.05, 0) is 40.6 Å². The molecule has 1 aromatic carbocycles. The highest BCUT2D eigenvalue weighted by Gasteiger charge is 2.24. The monoisotopic (exact) mass is 347 g/mol. The molecule has 0 saturated heterocycles. The highest BCUT2D eigenvalue weighted by molar-refractivity contribution is 14.1. The van der Waals surface area contributed by atoms with Gasteiger partial charge in [-0.15, -0.1) is 0 Å². The van der Waals surface area contributed by atoms with E-state index in [4.69, 9.17) is 5.11 Å². The Bertz CT molecular complexity index is 432. The van der Waals surface area contributed by atoms with Crippen LogP contribution in [0.25, 0.3) is 0 Å². The lowest BCUT2D eigenvalue weighted by Gasteiger charge is -2.18. The predicted molar refractivity (Wildman–Crippen MR) is 72.9 cm³/mol. The van der Waals surface area contributed by atoms with E-state index in [-0.39, 0.29) is 11.8 Å². The van der Waals surface area contributed by atoms with Crippen LogP contribution in [0.3, 0.4) is 0 Å². The Morgan fingerprint density at radius 3 is 2.35 bits per heavy atom. The maximum Gasteiger partial charge on any atom is 0.326 e. The summed E-state index contributed by atoms with van der Waals surface area (Å²) in [6.07, 6.45) is 0. The summed E-state index contributed by atoms with van der Waals surface area (Å²) in [7, 11) is 0. The Morgan fingerprint density at radius 1 is 1.29 bits per heavy atom. The van der Waals surface area contributed by atoms with Crippen LogP contribution in [-0.2, 0) is 4.79 Å². The quantitative estimate of drug-likeness (QED) is 0.820. The van der Waals surface area contributed by atoms with E-state index >= 15 is 0 Å². The molecular weight excluding hydrogens is 333 g/mol. The molecule has 1 atom stereocenters. The van der Waals surface area contributed by atoms with Crippen molar-refractivity contribution in [3.8, 4) is 0 Å². The van der Waals surface area contributed by atoms with Crippen LogP contribution in [0.1, 0.15) is 24.2 Å². The summed E-state index contributed by atoms with van der Waals surface area (Å²) in [6, 6.07) is 6.20. The van der Waals surface area contributed by atoms with Crippen LogP contribution < -0.4 is 5.32 Å². The summed E-state index contributed by atoms with van der Waals surface area (Å²) < 4.78 is 0.801. The third kappa shape index (κ3) is 3.69. The zero-order chi connectivity index (χ0) is 13.0. The molecule has 2 N–H and O–H groups in total. The van der Waals surface area contributed by atoms with Crippen LogP contribution >= 0.6 is 22.6 Å². The molecule has 1 amide bonds. The molecule has 1 rings (SSSR count). The van der Waals surface area contributed by atoms with Gasteiger partial charge in [0.25, 0.3) is 5.91 Å². The van der Waals surface area contributed by atoms with E-state index < -0.39 is 12.0 Å². The van der Waals surface area contributed by atoms with Crippen molar-refractivity contribution in [1.29, 1.82) is 0 Å². The van der Waals surface area contributed by atoms with Gasteiger partial charge in [0.05, 0.1) is 5.56 Å². The average molecular weight is 347 g/mol. The molecule has 92 valence electrons. The van der Waals surface area contributed by atoms with E-state index in [9.17, 15) is 9.59 Å². The molecule has 5 heteroatoms. The lowest BCUT2D eigenvalue weighted by molar-refractivity contribution is -0.140. The highest BCUT2D eigenvalue weighted by Crippen LogP contribution is 2.12. The van der Waals surface area contributed by atoms with Crippen LogP contribution in [0.5, 0.6) is 0 Å². The van der Waals surface area contributed by atoms with Crippen molar-refractivity contribution in [2.45, 2.75) is 19.9 Å². The molecule has 0 fully saturated rings. The number of benzene rings is 1. The Morgan fingerprint density at radius 2 is 1.88 bits per heavy atom. The van der Waals surface area contributed by atoms with Gasteiger partial charge in [-0.1, -0.05) is 26.0 Å². The third-order valence-corrected chi connectivity index (χ3v) is 3.28. The van der Waals surface area contributed by atoms with E-state index in [1.807, 2.05) is 28.7 Å². The fourth-order valence-electron chi connectivity index (χ4n) is 1.38. The molecule has 0 heterocycles. The van der Waals surface area contributed by atoms with Crippen molar-refractivity contribution in [3.63, 3.8) is 0 Å². The highest BCUT2D eigenvalue weighted by atomic mass is 127. The van der Waals surface area contributed by atoms with Gasteiger partial charge in [-0.3, -0.25) is 4.79 Å². The minimum Gasteiger partial charge on any atom is -0.480 e. The zero-order valence-electron chi connectivity index (χ0n) is 9.61. The molecule has 4 nitrogen and oxygen atoms in total. The number of hydrogen-bond donors (Lipinski definition) is 2. The maximum absolute atomic E-state index is 11.9. The van der Waals surface area contributed by atoms with Crippen molar-refractivity contribution < 1.29 is 14.7 Å². The number of carboxylic acids is 1. The second kappa shape index (κ2) is 6.00. The second-order valence-corrected chi connectivity index (χ2v) is 5.18. The SMILES string of the molecule is CC(C)C(NC(=O)c1ccccc1I)C(=O)O. The van der Waals surface area contributed by atoms with E-state index in [1.54, 1.807) is 32.0 Å². The van der Waals surface area contributed by atoms with E-state index in [2.05, 4.69) is 5.32 Å².